The number of amides is 1. The van der Waals surface area contributed by atoms with Crippen LogP contribution < -0.4 is 0 Å². The zero-order valence-corrected chi connectivity index (χ0v) is 20.0. The summed E-state index contributed by atoms with van der Waals surface area (Å²) in [5, 5.41) is 26.9. The van der Waals surface area contributed by atoms with Crippen LogP contribution in [0.2, 0.25) is 0 Å². The van der Waals surface area contributed by atoms with Crippen molar-refractivity contribution in [1.82, 2.24) is 9.58 Å². The average Bonchev–Trinajstić information content (AvgIpc) is 3.38. The number of fused-ring (bicyclic) bond motifs is 1. The first kappa shape index (κ1) is 22.5. The normalized spacial score (nSPS) is 16.4. The largest absolute Gasteiger partial charge is 0.317 e. The van der Waals surface area contributed by atoms with Crippen molar-refractivity contribution in [2.24, 2.45) is 10.1 Å². The van der Waals surface area contributed by atoms with Crippen LogP contribution in [0, 0.1) is 36.3 Å². The topological polar surface area (TPSA) is 117 Å². The number of benzene rings is 2. The first-order valence-electron chi connectivity index (χ1n) is 10.7. The Morgan fingerprint density at radius 2 is 1.83 bits per heavy atom. The minimum atomic E-state index is -0.505. The van der Waals surface area contributed by atoms with Crippen molar-refractivity contribution in [2.45, 2.75) is 20.8 Å². The van der Waals surface area contributed by atoms with Gasteiger partial charge in [0.1, 0.15) is 5.04 Å². The molecule has 0 unspecified atom stereocenters. The van der Waals surface area contributed by atoms with Gasteiger partial charge in [-0.1, -0.05) is 36.4 Å². The lowest BCUT2D eigenvalue weighted by atomic mass is 10.1. The number of nitrogens with one attached hydrogen (secondary N) is 1. The van der Waals surface area contributed by atoms with Crippen molar-refractivity contribution < 1.29 is 9.72 Å². The van der Waals surface area contributed by atoms with Crippen molar-refractivity contribution in [3.05, 3.63) is 98.4 Å². The zero-order valence-electron chi connectivity index (χ0n) is 19.1. The van der Waals surface area contributed by atoms with E-state index in [4.69, 9.17) is 5.41 Å². The fourth-order valence-corrected chi connectivity index (χ4v) is 5.00. The molecular weight excluding hydrogens is 464 g/mol. The summed E-state index contributed by atoms with van der Waals surface area (Å²) < 4.78 is 1.91. The summed E-state index contributed by atoms with van der Waals surface area (Å²) in [5.41, 5.74) is 4.94. The predicted molar refractivity (Wildman–Crippen MR) is 137 cm³/mol. The van der Waals surface area contributed by atoms with Gasteiger partial charge in [-0.2, -0.15) is 15.1 Å². The summed E-state index contributed by atoms with van der Waals surface area (Å²) in [6.07, 6.45) is 1.64. The average molecular weight is 485 g/mol. The minimum absolute atomic E-state index is 0.00252. The van der Waals surface area contributed by atoms with Crippen LogP contribution in [0.4, 0.5) is 5.69 Å². The molecule has 5 rings (SSSR count). The maximum absolute atomic E-state index is 12.9. The number of hydrazone groups is 1. The van der Waals surface area contributed by atoms with Crippen LogP contribution in [0.1, 0.15) is 28.1 Å². The Morgan fingerprint density at radius 3 is 2.54 bits per heavy atom. The molecule has 0 fully saturated rings. The molecule has 35 heavy (non-hydrogen) atoms. The van der Waals surface area contributed by atoms with E-state index in [1.165, 1.54) is 28.9 Å². The third-order valence-corrected chi connectivity index (χ3v) is 6.85. The number of carbonyl (C=O) groups excluding carboxylic acids is 1. The number of thioether (sulfide) groups is 1. The highest BCUT2D eigenvalue weighted by atomic mass is 32.2. The van der Waals surface area contributed by atoms with Crippen LogP contribution >= 0.6 is 11.8 Å². The summed E-state index contributed by atoms with van der Waals surface area (Å²) >= 11 is 1.25. The number of carbonyl (C=O) groups is 1. The van der Waals surface area contributed by atoms with Gasteiger partial charge in [0.2, 0.25) is 5.17 Å². The first-order valence-corrected chi connectivity index (χ1v) is 11.6. The van der Waals surface area contributed by atoms with E-state index in [1.54, 1.807) is 12.1 Å². The van der Waals surface area contributed by atoms with Gasteiger partial charge in [-0.25, -0.2) is 0 Å². The second kappa shape index (κ2) is 8.48. The van der Waals surface area contributed by atoms with Gasteiger partial charge in [-0.3, -0.25) is 20.3 Å². The molecule has 9 nitrogen and oxygen atoms in total. The van der Waals surface area contributed by atoms with Crippen molar-refractivity contribution >= 4 is 45.5 Å². The van der Waals surface area contributed by atoms with Crippen LogP contribution in [0.5, 0.6) is 0 Å². The summed E-state index contributed by atoms with van der Waals surface area (Å²) in [6.45, 7) is 5.66. The number of aryl methyl sites for hydroxylation is 2. The van der Waals surface area contributed by atoms with Gasteiger partial charge in [0.15, 0.2) is 5.84 Å². The Kier molecular flexibility index (Phi) is 5.45. The van der Waals surface area contributed by atoms with Gasteiger partial charge in [0.05, 0.1) is 16.2 Å². The molecule has 0 spiro atoms. The maximum atomic E-state index is 12.9. The predicted octanol–water partition coefficient (Wildman–Crippen LogP) is 4.98. The highest BCUT2D eigenvalue weighted by molar-refractivity contribution is 8.27. The molecule has 1 amide bonds. The van der Waals surface area contributed by atoms with E-state index >= 15 is 0 Å². The Hall–Kier alpha value is -4.31. The fourth-order valence-electron chi connectivity index (χ4n) is 4.10. The third-order valence-electron chi connectivity index (χ3n) is 5.89. The van der Waals surface area contributed by atoms with Gasteiger partial charge >= 0.3 is 0 Å². The van der Waals surface area contributed by atoms with Crippen molar-refractivity contribution in [1.29, 1.82) is 5.41 Å². The summed E-state index contributed by atoms with van der Waals surface area (Å²) in [6, 6.07) is 16.2. The van der Waals surface area contributed by atoms with Crippen LogP contribution in [0.3, 0.4) is 0 Å². The van der Waals surface area contributed by atoms with E-state index < -0.39 is 10.8 Å². The summed E-state index contributed by atoms with van der Waals surface area (Å²) in [4.78, 5) is 27.9. The van der Waals surface area contributed by atoms with E-state index in [0.29, 0.717) is 15.9 Å². The minimum Gasteiger partial charge on any atom is -0.317 e. The zero-order chi connectivity index (χ0) is 24.9. The highest BCUT2D eigenvalue weighted by Gasteiger charge is 2.36. The lowest BCUT2D eigenvalue weighted by Crippen LogP contribution is -2.35. The van der Waals surface area contributed by atoms with E-state index in [0.717, 1.165) is 28.1 Å². The lowest BCUT2D eigenvalue weighted by Gasteiger charge is -2.20. The van der Waals surface area contributed by atoms with E-state index in [-0.39, 0.29) is 17.1 Å². The third kappa shape index (κ3) is 3.87. The highest BCUT2D eigenvalue weighted by Crippen LogP contribution is 2.32. The van der Waals surface area contributed by atoms with Crippen LogP contribution in [-0.4, -0.2) is 36.5 Å². The molecule has 1 N–H and O–H groups in total. The number of nitro groups is 1. The van der Waals surface area contributed by atoms with Gasteiger partial charge in [-0.05, 0) is 55.8 Å². The number of hydrogen-bond acceptors (Lipinski definition) is 6. The molecule has 0 saturated heterocycles. The van der Waals surface area contributed by atoms with E-state index in [1.807, 2.05) is 61.7 Å². The van der Waals surface area contributed by atoms with Gasteiger partial charge in [0.25, 0.3) is 11.6 Å². The molecule has 3 heterocycles. The number of hydrogen-bond donors (Lipinski definition) is 1. The molecule has 0 atom stereocenters. The number of nitrogens with zero attached hydrogens (tertiary/aromatic N) is 5. The molecule has 3 aromatic rings. The Morgan fingerprint density at radius 1 is 1.09 bits per heavy atom. The first-order chi connectivity index (χ1) is 16.7. The van der Waals surface area contributed by atoms with E-state index in [2.05, 4.69) is 10.1 Å². The van der Waals surface area contributed by atoms with Crippen LogP contribution in [0.15, 0.2) is 70.3 Å². The maximum Gasteiger partial charge on any atom is 0.283 e. The van der Waals surface area contributed by atoms with Gasteiger partial charge in [0, 0.05) is 29.1 Å². The molecular formula is C25H20N6O3S. The van der Waals surface area contributed by atoms with E-state index in [9.17, 15) is 14.9 Å². The molecule has 0 radical (unpaired) electrons. The summed E-state index contributed by atoms with van der Waals surface area (Å²) in [7, 11) is 0. The second-order valence-electron chi connectivity index (χ2n) is 8.18. The number of rotatable bonds is 4. The quantitative estimate of drug-likeness (QED) is 0.318. The molecule has 0 aliphatic carbocycles. The standard InChI is InChI=1S/C25H20N6O3S/c1-14-9-10-19(31(33)34)13-21(14)29-15(2)11-18(16(29)3)12-20-22(26)30-25(27-23(20)32)35-24(28-30)17-7-5-4-6-8-17/h4-13,26H,1-3H3/b20-12+,26-22?. The second-order valence-corrected chi connectivity index (χ2v) is 9.14. The number of non-ortho nitro benzene ring substituents is 1. The summed E-state index contributed by atoms with van der Waals surface area (Å²) in [5.74, 6) is -0.552. The van der Waals surface area contributed by atoms with Crippen LogP contribution in [0.25, 0.3) is 11.8 Å². The monoisotopic (exact) mass is 484 g/mol. The van der Waals surface area contributed by atoms with Gasteiger partial charge in [-0.15, -0.1) is 0 Å². The number of aliphatic imine (C=N–C) groups is 1. The smallest absolute Gasteiger partial charge is 0.283 e. The van der Waals surface area contributed by atoms with Crippen molar-refractivity contribution in [2.75, 3.05) is 0 Å². The molecule has 0 bridgehead atoms. The molecule has 2 aromatic carbocycles. The molecule has 10 heteroatoms. The van der Waals surface area contributed by atoms with Gasteiger partial charge < -0.3 is 4.57 Å². The Bertz CT molecular complexity index is 1520. The molecule has 0 saturated carbocycles. The number of nitro benzene ring substituents is 1. The number of amidine groups is 2. The Labute approximate surface area is 205 Å². The van der Waals surface area contributed by atoms with Crippen molar-refractivity contribution in [3.8, 4) is 5.69 Å². The molecule has 1 aromatic heterocycles. The molecule has 174 valence electrons. The molecule has 2 aliphatic heterocycles. The molecule has 2 aliphatic rings. The lowest BCUT2D eigenvalue weighted by molar-refractivity contribution is -0.384. The van der Waals surface area contributed by atoms with Crippen LogP contribution in [-0.2, 0) is 4.79 Å². The number of aromatic nitrogens is 1. The SMILES string of the molecule is Cc1ccc([N+](=O)[O-])cc1-n1c(C)cc(/C=C2\C(=N)N3N=C(c4ccccc4)SC3=NC2=O)c1C. The fraction of sp³-hybridized carbons (Fsp3) is 0.120. The Balaban J connectivity index is 1.54. The van der Waals surface area contributed by atoms with Crippen molar-refractivity contribution in [3.63, 3.8) is 0 Å².